The molecule has 0 aromatic heterocycles. The highest BCUT2D eigenvalue weighted by Gasteiger charge is 2.54. The van der Waals surface area contributed by atoms with Gasteiger partial charge in [-0.1, -0.05) is 20.8 Å². The number of rotatable bonds is 3. The zero-order chi connectivity index (χ0) is 10.9. The molecule has 0 radical (unpaired) electrons. The molecule has 2 atom stereocenters. The van der Waals surface area contributed by atoms with Crippen LogP contribution in [-0.4, -0.2) is 31.7 Å². The summed E-state index contributed by atoms with van der Waals surface area (Å²) in [4.78, 5) is 0. The van der Waals surface area contributed by atoms with Crippen molar-refractivity contribution in [3.63, 3.8) is 0 Å². The summed E-state index contributed by atoms with van der Waals surface area (Å²) < 4.78 is 16.9. The van der Waals surface area contributed by atoms with Crippen LogP contribution in [0.15, 0.2) is 0 Å². The molecule has 0 bridgehead atoms. The van der Waals surface area contributed by atoms with Crippen molar-refractivity contribution in [2.75, 3.05) is 19.8 Å². The summed E-state index contributed by atoms with van der Waals surface area (Å²) in [6, 6.07) is 0. The first kappa shape index (κ1) is 11.4. The average molecular weight is 214 g/mol. The van der Waals surface area contributed by atoms with Gasteiger partial charge in [-0.3, -0.25) is 0 Å². The maximum Gasteiger partial charge on any atom is 0.157 e. The molecule has 2 rings (SSSR count). The smallest absolute Gasteiger partial charge is 0.157 e. The summed E-state index contributed by atoms with van der Waals surface area (Å²) in [5.41, 5.74) is 0.0927. The Hall–Kier alpha value is -0.120. The highest BCUT2D eigenvalue weighted by molar-refractivity contribution is 5.01. The predicted octanol–water partition coefficient (Wildman–Crippen LogP) is 2.34. The van der Waals surface area contributed by atoms with E-state index in [0.717, 1.165) is 19.6 Å². The van der Waals surface area contributed by atoms with E-state index in [1.165, 1.54) is 12.8 Å². The van der Waals surface area contributed by atoms with Crippen LogP contribution in [-0.2, 0) is 14.2 Å². The first-order valence-electron chi connectivity index (χ1n) is 5.91. The lowest BCUT2D eigenvalue weighted by molar-refractivity contribution is -0.176. The Kier molecular flexibility index (Phi) is 3.06. The first-order chi connectivity index (χ1) is 7.04. The molecule has 0 spiro atoms. The van der Waals surface area contributed by atoms with Crippen LogP contribution in [0, 0.1) is 5.41 Å². The molecule has 0 amide bonds. The summed E-state index contributed by atoms with van der Waals surface area (Å²) in [5, 5.41) is 0. The Morgan fingerprint density at radius 3 is 2.53 bits per heavy atom. The normalized spacial score (nSPS) is 36.6. The lowest BCUT2D eigenvalue weighted by Gasteiger charge is -2.30. The van der Waals surface area contributed by atoms with Gasteiger partial charge in [-0.2, -0.15) is 0 Å². The topological polar surface area (TPSA) is 31.0 Å². The molecule has 2 unspecified atom stereocenters. The van der Waals surface area contributed by atoms with Gasteiger partial charge in [0.25, 0.3) is 0 Å². The van der Waals surface area contributed by atoms with Gasteiger partial charge >= 0.3 is 0 Å². The molecule has 0 saturated carbocycles. The van der Waals surface area contributed by atoms with Crippen molar-refractivity contribution in [2.45, 2.75) is 51.9 Å². The molecule has 15 heavy (non-hydrogen) atoms. The largest absolute Gasteiger partial charge is 0.367 e. The number of hydrogen-bond acceptors (Lipinski definition) is 3. The number of hydrogen-bond donors (Lipinski definition) is 0. The average Bonchev–Trinajstić information content (AvgIpc) is 2.96. The standard InChI is InChI=1S/C12H22O3/c1-11(2,3)12(9-15-12)8-14-10-6-4-5-7-13-10/h10H,4-9H2,1-3H3. The Morgan fingerprint density at radius 2 is 2.07 bits per heavy atom. The molecule has 0 aromatic rings. The van der Waals surface area contributed by atoms with Crippen LogP contribution in [0.2, 0.25) is 0 Å². The molecule has 2 saturated heterocycles. The minimum Gasteiger partial charge on any atom is -0.367 e. The number of ether oxygens (including phenoxy) is 3. The Morgan fingerprint density at radius 1 is 1.33 bits per heavy atom. The second kappa shape index (κ2) is 4.04. The van der Waals surface area contributed by atoms with E-state index >= 15 is 0 Å². The van der Waals surface area contributed by atoms with Crippen molar-refractivity contribution in [3.05, 3.63) is 0 Å². The minimum atomic E-state index is -0.0617. The summed E-state index contributed by atoms with van der Waals surface area (Å²) >= 11 is 0. The predicted molar refractivity (Wildman–Crippen MR) is 57.7 cm³/mol. The fourth-order valence-electron chi connectivity index (χ4n) is 1.89. The molecular weight excluding hydrogens is 192 g/mol. The third-order valence-corrected chi connectivity index (χ3v) is 3.50. The lowest BCUT2D eigenvalue weighted by atomic mass is 9.81. The van der Waals surface area contributed by atoms with E-state index in [0.29, 0.717) is 6.61 Å². The maximum absolute atomic E-state index is 5.79. The van der Waals surface area contributed by atoms with E-state index in [1.54, 1.807) is 0 Å². The first-order valence-corrected chi connectivity index (χ1v) is 5.91. The molecule has 3 heteroatoms. The van der Waals surface area contributed by atoms with Gasteiger partial charge in [0.15, 0.2) is 6.29 Å². The van der Waals surface area contributed by atoms with Crippen LogP contribution in [0.4, 0.5) is 0 Å². The SMILES string of the molecule is CC(C)(C)C1(COC2CCCCO2)CO1. The minimum absolute atomic E-state index is 0.00201. The molecule has 2 fully saturated rings. The molecule has 2 aliphatic rings. The van der Waals surface area contributed by atoms with Crippen molar-refractivity contribution in [1.82, 2.24) is 0 Å². The molecule has 2 aliphatic heterocycles. The van der Waals surface area contributed by atoms with Crippen molar-refractivity contribution in [1.29, 1.82) is 0 Å². The van der Waals surface area contributed by atoms with Gasteiger partial charge in [-0.05, 0) is 24.7 Å². The summed E-state index contributed by atoms with van der Waals surface area (Å²) in [5.74, 6) is 0. The highest BCUT2D eigenvalue weighted by Crippen LogP contribution is 2.44. The van der Waals surface area contributed by atoms with E-state index in [-0.39, 0.29) is 17.3 Å². The molecule has 88 valence electrons. The van der Waals surface area contributed by atoms with Crippen LogP contribution in [0.25, 0.3) is 0 Å². The third-order valence-electron chi connectivity index (χ3n) is 3.50. The zero-order valence-electron chi connectivity index (χ0n) is 10.0. The third kappa shape index (κ3) is 2.52. The van der Waals surface area contributed by atoms with Crippen molar-refractivity contribution >= 4 is 0 Å². The van der Waals surface area contributed by atoms with E-state index in [2.05, 4.69) is 20.8 Å². The molecule has 0 aliphatic carbocycles. The molecular formula is C12H22O3. The van der Waals surface area contributed by atoms with E-state index in [1.807, 2.05) is 0 Å². The summed E-state index contributed by atoms with van der Waals surface area (Å²) in [6.07, 6.45) is 3.41. The summed E-state index contributed by atoms with van der Waals surface area (Å²) in [7, 11) is 0. The van der Waals surface area contributed by atoms with Gasteiger partial charge in [-0.25, -0.2) is 0 Å². The monoisotopic (exact) mass is 214 g/mol. The van der Waals surface area contributed by atoms with Crippen LogP contribution in [0.3, 0.4) is 0 Å². The fraction of sp³-hybridized carbons (Fsp3) is 1.00. The van der Waals surface area contributed by atoms with E-state index < -0.39 is 0 Å². The zero-order valence-corrected chi connectivity index (χ0v) is 10.0. The Balaban J connectivity index is 1.77. The van der Waals surface area contributed by atoms with E-state index in [9.17, 15) is 0 Å². The van der Waals surface area contributed by atoms with Crippen LogP contribution < -0.4 is 0 Å². The van der Waals surface area contributed by atoms with Gasteiger partial charge in [0, 0.05) is 6.61 Å². The Labute approximate surface area is 92.1 Å². The molecule has 2 heterocycles. The second-order valence-corrected chi connectivity index (χ2v) is 5.64. The van der Waals surface area contributed by atoms with Gasteiger partial charge in [-0.15, -0.1) is 0 Å². The van der Waals surface area contributed by atoms with Crippen LogP contribution in [0.5, 0.6) is 0 Å². The van der Waals surface area contributed by atoms with Crippen molar-refractivity contribution < 1.29 is 14.2 Å². The number of epoxide rings is 1. The quantitative estimate of drug-likeness (QED) is 0.676. The fourth-order valence-corrected chi connectivity index (χ4v) is 1.89. The molecule has 3 nitrogen and oxygen atoms in total. The lowest BCUT2D eigenvalue weighted by Crippen LogP contribution is -2.37. The van der Waals surface area contributed by atoms with Gasteiger partial charge < -0.3 is 14.2 Å². The molecule has 0 aromatic carbocycles. The van der Waals surface area contributed by atoms with E-state index in [4.69, 9.17) is 14.2 Å². The maximum atomic E-state index is 5.79. The van der Waals surface area contributed by atoms with Gasteiger partial charge in [0.05, 0.1) is 13.2 Å². The van der Waals surface area contributed by atoms with Crippen LogP contribution >= 0.6 is 0 Å². The van der Waals surface area contributed by atoms with Gasteiger partial charge in [0.1, 0.15) is 5.60 Å². The van der Waals surface area contributed by atoms with Gasteiger partial charge in [0.2, 0.25) is 0 Å². The molecule has 0 N–H and O–H groups in total. The summed E-state index contributed by atoms with van der Waals surface area (Å²) in [6.45, 7) is 8.93. The Bertz CT molecular complexity index is 209. The second-order valence-electron chi connectivity index (χ2n) is 5.64. The van der Waals surface area contributed by atoms with Crippen molar-refractivity contribution in [3.8, 4) is 0 Å². The van der Waals surface area contributed by atoms with Crippen LogP contribution in [0.1, 0.15) is 40.0 Å². The van der Waals surface area contributed by atoms with Crippen molar-refractivity contribution in [2.24, 2.45) is 5.41 Å². The highest BCUT2D eigenvalue weighted by atomic mass is 16.7.